The first-order chi connectivity index (χ1) is 11.9. The second-order valence-electron chi connectivity index (χ2n) is 5.26. The average molecular weight is 381 g/mol. The van der Waals surface area contributed by atoms with Gasteiger partial charge in [-0.15, -0.1) is 0 Å². The number of hydrogen-bond donors (Lipinski definition) is 1. The third kappa shape index (κ3) is 4.56. The van der Waals surface area contributed by atoms with Crippen molar-refractivity contribution in [3.8, 4) is 0 Å². The maximum absolute atomic E-state index is 12.4. The van der Waals surface area contributed by atoms with Gasteiger partial charge in [0.05, 0.1) is 5.71 Å². The molecule has 25 heavy (non-hydrogen) atoms. The predicted octanol–water partition coefficient (Wildman–Crippen LogP) is 3.60. The minimum absolute atomic E-state index is 0.161. The van der Waals surface area contributed by atoms with E-state index in [2.05, 4.69) is 15.5 Å². The summed E-state index contributed by atoms with van der Waals surface area (Å²) in [6.07, 6.45) is 1.33. The summed E-state index contributed by atoms with van der Waals surface area (Å²) in [5.74, 6) is 0.449. The number of anilines is 1. The molecule has 2 aromatic rings. The molecule has 1 N–H and O–H groups in total. The predicted molar refractivity (Wildman–Crippen MR) is 102 cm³/mol. The van der Waals surface area contributed by atoms with Crippen LogP contribution in [0, 0.1) is 0 Å². The highest BCUT2D eigenvalue weighted by Gasteiger charge is 2.21. The van der Waals surface area contributed by atoms with Crippen LogP contribution in [0.15, 0.2) is 52.6 Å². The van der Waals surface area contributed by atoms with Gasteiger partial charge in [0.2, 0.25) is 10.0 Å². The Morgan fingerprint density at radius 1 is 1.20 bits per heavy atom. The van der Waals surface area contributed by atoms with Crippen LogP contribution in [-0.4, -0.2) is 36.5 Å². The summed E-state index contributed by atoms with van der Waals surface area (Å²) in [6, 6.07) is 10.5. The molecule has 0 aliphatic carbocycles. The van der Waals surface area contributed by atoms with E-state index in [1.165, 1.54) is 16.6 Å². The fourth-order valence-corrected chi connectivity index (χ4v) is 3.94. The Hall–Kier alpha value is -1.96. The summed E-state index contributed by atoms with van der Waals surface area (Å²) in [6.45, 7) is 6.26. The number of hydrazone groups is 1. The van der Waals surface area contributed by atoms with Gasteiger partial charge in [0.15, 0.2) is 0 Å². The van der Waals surface area contributed by atoms with E-state index in [0.717, 1.165) is 5.56 Å². The summed E-state index contributed by atoms with van der Waals surface area (Å²) in [7, 11) is -3.51. The van der Waals surface area contributed by atoms with Crippen molar-refractivity contribution < 1.29 is 8.42 Å². The lowest BCUT2D eigenvalue weighted by atomic mass is 10.1. The SMILES string of the molecule is CCN(CC)S(=O)(=O)c1ccc(NN=C(C)c2ccccc2Cl)nc1. The lowest BCUT2D eigenvalue weighted by Crippen LogP contribution is -2.30. The summed E-state index contributed by atoms with van der Waals surface area (Å²) in [5.41, 5.74) is 4.33. The van der Waals surface area contributed by atoms with Gasteiger partial charge in [0, 0.05) is 29.9 Å². The Bertz CT molecular complexity index is 847. The highest BCUT2D eigenvalue weighted by Crippen LogP contribution is 2.18. The second-order valence-corrected chi connectivity index (χ2v) is 7.60. The van der Waals surface area contributed by atoms with Crippen molar-refractivity contribution in [3.63, 3.8) is 0 Å². The van der Waals surface area contributed by atoms with E-state index in [1.54, 1.807) is 26.0 Å². The fourth-order valence-electron chi connectivity index (χ4n) is 2.27. The van der Waals surface area contributed by atoms with E-state index in [9.17, 15) is 8.42 Å². The van der Waals surface area contributed by atoms with Gasteiger partial charge in [-0.3, -0.25) is 5.43 Å². The van der Waals surface area contributed by atoms with Gasteiger partial charge in [-0.25, -0.2) is 13.4 Å². The summed E-state index contributed by atoms with van der Waals surface area (Å²) >= 11 is 6.13. The molecule has 0 aliphatic heterocycles. The van der Waals surface area contributed by atoms with E-state index in [1.807, 2.05) is 25.1 Å². The van der Waals surface area contributed by atoms with Crippen molar-refractivity contribution in [2.75, 3.05) is 18.5 Å². The molecule has 0 unspecified atom stereocenters. The van der Waals surface area contributed by atoms with Crippen LogP contribution in [0.1, 0.15) is 26.3 Å². The molecule has 6 nitrogen and oxygen atoms in total. The van der Waals surface area contributed by atoms with Crippen LogP contribution >= 0.6 is 11.6 Å². The minimum Gasteiger partial charge on any atom is -0.261 e. The van der Waals surface area contributed by atoms with Crippen LogP contribution in [0.2, 0.25) is 5.02 Å². The monoisotopic (exact) mass is 380 g/mol. The standard InChI is InChI=1S/C17H21ClN4O2S/c1-4-22(5-2)25(23,24)14-10-11-17(19-12-14)21-20-13(3)15-8-6-7-9-16(15)18/h6-12H,4-5H2,1-3H3,(H,19,21). The van der Waals surface area contributed by atoms with E-state index < -0.39 is 10.0 Å². The number of nitrogens with zero attached hydrogens (tertiary/aromatic N) is 3. The molecule has 0 bridgehead atoms. The molecule has 0 saturated carbocycles. The van der Waals surface area contributed by atoms with Crippen LogP contribution in [0.5, 0.6) is 0 Å². The van der Waals surface area contributed by atoms with E-state index in [-0.39, 0.29) is 4.90 Å². The van der Waals surface area contributed by atoms with Crippen molar-refractivity contribution >= 4 is 33.2 Å². The number of hydrogen-bond acceptors (Lipinski definition) is 5. The third-order valence-corrected chi connectivity index (χ3v) is 6.04. The van der Waals surface area contributed by atoms with Gasteiger partial charge in [-0.05, 0) is 25.1 Å². The van der Waals surface area contributed by atoms with Gasteiger partial charge < -0.3 is 0 Å². The molecule has 134 valence electrons. The Morgan fingerprint density at radius 2 is 1.88 bits per heavy atom. The largest absolute Gasteiger partial charge is 0.261 e. The maximum Gasteiger partial charge on any atom is 0.244 e. The number of halogens is 1. The smallest absolute Gasteiger partial charge is 0.244 e. The van der Waals surface area contributed by atoms with Crippen molar-refractivity contribution in [3.05, 3.63) is 53.2 Å². The Morgan fingerprint density at radius 3 is 2.44 bits per heavy atom. The Balaban J connectivity index is 2.16. The normalized spacial score (nSPS) is 12.4. The first kappa shape index (κ1) is 19.4. The topological polar surface area (TPSA) is 74.7 Å². The lowest BCUT2D eigenvalue weighted by molar-refractivity contribution is 0.445. The molecule has 2 rings (SSSR count). The minimum atomic E-state index is -3.51. The van der Waals surface area contributed by atoms with Gasteiger partial charge in [0.1, 0.15) is 10.7 Å². The third-order valence-electron chi connectivity index (χ3n) is 3.68. The summed E-state index contributed by atoms with van der Waals surface area (Å²) in [4.78, 5) is 4.29. The Kier molecular flexibility index (Phi) is 6.52. The molecular formula is C17H21ClN4O2S. The van der Waals surface area contributed by atoms with Crippen LogP contribution < -0.4 is 5.43 Å². The zero-order valence-electron chi connectivity index (χ0n) is 14.4. The molecule has 1 aromatic carbocycles. The molecule has 0 spiro atoms. The van der Waals surface area contributed by atoms with Crippen molar-refractivity contribution in [2.24, 2.45) is 5.10 Å². The number of rotatable bonds is 7. The average Bonchev–Trinajstić information content (AvgIpc) is 2.61. The molecule has 0 amide bonds. The maximum atomic E-state index is 12.4. The molecule has 0 fully saturated rings. The molecule has 0 saturated heterocycles. The molecule has 1 heterocycles. The molecule has 0 radical (unpaired) electrons. The number of pyridine rings is 1. The highest BCUT2D eigenvalue weighted by atomic mass is 35.5. The number of benzene rings is 1. The molecule has 8 heteroatoms. The van der Waals surface area contributed by atoms with Crippen LogP contribution in [0.3, 0.4) is 0 Å². The molecule has 0 aliphatic rings. The molecular weight excluding hydrogens is 360 g/mol. The van der Waals surface area contributed by atoms with Gasteiger partial charge in [-0.1, -0.05) is 43.6 Å². The van der Waals surface area contributed by atoms with Gasteiger partial charge in [-0.2, -0.15) is 9.41 Å². The second kappa shape index (κ2) is 8.42. The zero-order chi connectivity index (χ0) is 18.4. The first-order valence-electron chi connectivity index (χ1n) is 7.91. The van der Waals surface area contributed by atoms with Gasteiger partial charge in [0.25, 0.3) is 0 Å². The van der Waals surface area contributed by atoms with Gasteiger partial charge >= 0.3 is 0 Å². The van der Waals surface area contributed by atoms with Crippen LogP contribution in [0.4, 0.5) is 5.82 Å². The summed E-state index contributed by atoms with van der Waals surface area (Å²) in [5, 5.41) is 4.85. The van der Waals surface area contributed by atoms with Crippen molar-refractivity contribution in [2.45, 2.75) is 25.7 Å². The summed E-state index contributed by atoms with van der Waals surface area (Å²) < 4.78 is 26.2. The Labute approximate surface area is 153 Å². The fraction of sp³-hybridized carbons (Fsp3) is 0.294. The van der Waals surface area contributed by atoms with E-state index >= 15 is 0 Å². The number of aromatic nitrogens is 1. The highest BCUT2D eigenvalue weighted by molar-refractivity contribution is 7.89. The van der Waals surface area contributed by atoms with E-state index in [0.29, 0.717) is 29.6 Å². The number of nitrogens with one attached hydrogen (secondary N) is 1. The first-order valence-corrected chi connectivity index (χ1v) is 9.73. The van der Waals surface area contributed by atoms with E-state index in [4.69, 9.17) is 11.6 Å². The number of sulfonamides is 1. The van der Waals surface area contributed by atoms with Crippen LogP contribution in [-0.2, 0) is 10.0 Å². The lowest BCUT2D eigenvalue weighted by Gasteiger charge is -2.18. The molecule has 0 atom stereocenters. The van der Waals surface area contributed by atoms with Crippen LogP contribution in [0.25, 0.3) is 0 Å². The zero-order valence-corrected chi connectivity index (χ0v) is 16.0. The quantitative estimate of drug-likeness (QED) is 0.588. The molecule has 1 aromatic heterocycles. The van der Waals surface area contributed by atoms with Crippen molar-refractivity contribution in [1.82, 2.24) is 9.29 Å². The van der Waals surface area contributed by atoms with Crippen molar-refractivity contribution in [1.29, 1.82) is 0 Å².